The van der Waals surface area contributed by atoms with Crippen LogP contribution < -0.4 is 4.74 Å². The zero-order chi connectivity index (χ0) is 22.1. The fourth-order valence-electron chi connectivity index (χ4n) is 3.36. The molecule has 5 heteroatoms. The molecule has 1 aromatic heterocycles. The largest absolute Gasteiger partial charge is 0.479 e. The van der Waals surface area contributed by atoms with E-state index in [1.165, 1.54) is 44.6 Å². The van der Waals surface area contributed by atoms with E-state index >= 15 is 0 Å². The van der Waals surface area contributed by atoms with Crippen molar-refractivity contribution in [3.05, 3.63) is 66.5 Å². The molecule has 0 fully saturated rings. The third kappa shape index (κ3) is 6.64. The number of aliphatic carboxylic acids is 1. The standard InChI is InChI=1S/C26H30N2O3/c1-3-4-5-6-7-8-20-9-11-22(12-10-20)25-27-17-23(18-28-25)21-13-15-24(16-14-21)31-19(2)26(29)30/h9-19H,3-8H2,1-2H3,(H,29,30). The van der Waals surface area contributed by atoms with Crippen LogP contribution in [0, 0.1) is 0 Å². The molecule has 0 saturated heterocycles. The first-order valence-electron chi connectivity index (χ1n) is 11.0. The van der Waals surface area contributed by atoms with Crippen molar-refractivity contribution in [3.8, 4) is 28.3 Å². The van der Waals surface area contributed by atoms with E-state index in [-0.39, 0.29) is 0 Å². The zero-order valence-electron chi connectivity index (χ0n) is 18.3. The molecule has 1 heterocycles. The molecule has 31 heavy (non-hydrogen) atoms. The molecule has 0 aliphatic heterocycles. The second-order valence-corrected chi connectivity index (χ2v) is 7.78. The van der Waals surface area contributed by atoms with Gasteiger partial charge < -0.3 is 9.84 Å². The van der Waals surface area contributed by atoms with Gasteiger partial charge in [0.2, 0.25) is 0 Å². The van der Waals surface area contributed by atoms with E-state index in [1.807, 2.05) is 12.1 Å². The molecule has 162 valence electrons. The van der Waals surface area contributed by atoms with Crippen molar-refractivity contribution in [1.82, 2.24) is 9.97 Å². The molecule has 0 saturated carbocycles. The van der Waals surface area contributed by atoms with Crippen LogP contribution in [0.2, 0.25) is 0 Å². The topological polar surface area (TPSA) is 72.3 Å². The van der Waals surface area contributed by atoms with Gasteiger partial charge in [-0.25, -0.2) is 14.8 Å². The number of carbonyl (C=O) groups is 1. The molecule has 1 N–H and O–H groups in total. The van der Waals surface area contributed by atoms with E-state index in [0.29, 0.717) is 11.6 Å². The quantitative estimate of drug-likeness (QED) is 0.377. The van der Waals surface area contributed by atoms with Crippen LogP contribution in [0.5, 0.6) is 5.75 Å². The van der Waals surface area contributed by atoms with Gasteiger partial charge in [0.25, 0.3) is 0 Å². The van der Waals surface area contributed by atoms with Gasteiger partial charge in [-0.2, -0.15) is 0 Å². The van der Waals surface area contributed by atoms with E-state index in [9.17, 15) is 4.79 Å². The third-order valence-corrected chi connectivity index (χ3v) is 5.28. The molecular formula is C26H30N2O3. The average Bonchev–Trinajstić information content (AvgIpc) is 2.80. The van der Waals surface area contributed by atoms with Gasteiger partial charge in [-0.1, -0.05) is 69.0 Å². The molecule has 0 radical (unpaired) electrons. The fourth-order valence-corrected chi connectivity index (χ4v) is 3.36. The highest BCUT2D eigenvalue weighted by molar-refractivity contribution is 5.72. The second kappa shape index (κ2) is 11.3. The van der Waals surface area contributed by atoms with Gasteiger partial charge in [-0.05, 0) is 43.0 Å². The summed E-state index contributed by atoms with van der Waals surface area (Å²) in [6, 6.07) is 15.8. The Hall–Kier alpha value is -3.21. The molecule has 5 nitrogen and oxygen atoms in total. The number of unbranched alkanes of at least 4 members (excludes halogenated alkanes) is 4. The molecular weight excluding hydrogens is 388 g/mol. The maximum absolute atomic E-state index is 10.9. The summed E-state index contributed by atoms with van der Waals surface area (Å²) in [4.78, 5) is 19.9. The summed E-state index contributed by atoms with van der Waals surface area (Å²) in [6.45, 7) is 3.74. The summed E-state index contributed by atoms with van der Waals surface area (Å²) in [5.41, 5.74) is 4.20. The third-order valence-electron chi connectivity index (χ3n) is 5.28. The van der Waals surface area contributed by atoms with Crippen LogP contribution >= 0.6 is 0 Å². The highest BCUT2D eigenvalue weighted by atomic mass is 16.5. The van der Waals surface area contributed by atoms with Crippen molar-refractivity contribution in [2.24, 2.45) is 0 Å². The Morgan fingerprint density at radius 1 is 0.871 bits per heavy atom. The van der Waals surface area contributed by atoms with Crippen molar-refractivity contribution >= 4 is 5.97 Å². The monoisotopic (exact) mass is 418 g/mol. The lowest BCUT2D eigenvalue weighted by atomic mass is 10.0. The number of rotatable bonds is 11. The minimum absolute atomic E-state index is 0.515. The van der Waals surface area contributed by atoms with Gasteiger partial charge >= 0.3 is 5.97 Å². The van der Waals surface area contributed by atoms with E-state index in [1.54, 1.807) is 24.5 Å². The molecule has 0 bridgehead atoms. The van der Waals surface area contributed by atoms with Crippen molar-refractivity contribution < 1.29 is 14.6 Å². The van der Waals surface area contributed by atoms with Crippen LogP contribution in [0.1, 0.15) is 51.5 Å². The van der Waals surface area contributed by atoms with Crippen LogP contribution in [0.4, 0.5) is 0 Å². The van der Waals surface area contributed by atoms with Crippen LogP contribution in [-0.2, 0) is 11.2 Å². The van der Waals surface area contributed by atoms with Gasteiger partial charge in [0, 0.05) is 23.5 Å². The Morgan fingerprint density at radius 2 is 1.48 bits per heavy atom. The van der Waals surface area contributed by atoms with Gasteiger partial charge in [0.05, 0.1) is 0 Å². The summed E-state index contributed by atoms with van der Waals surface area (Å²) in [6.07, 6.45) is 10.3. The Bertz CT molecular complexity index is 951. The molecule has 0 aliphatic carbocycles. The molecule has 0 aliphatic rings. The minimum atomic E-state index is -0.993. The number of hydrogen-bond acceptors (Lipinski definition) is 4. The normalized spacial score (nSPS) is 11.8. The van der Waals surface area contributed by atoms with Crippen LogP contribution in [-0.4, -0.2) is 27.1 Å². The highest BCUT2D eigenvalue weighted by Crippen LogP contribution is 2.24. The van der Waals surface area contributed by atoms with Gasteiger partial charge in [-0.15, -0.1) is 0 Å². The number of carboxylic acids is 1. The van der Waals surface area contributed by atoms with Crippen molar-refractivity contribution in [2.45, 2.75) is 58.5 Å². The summed E-state index contributed by atoms with van der Waals surface area (Å²) in [7, 11) is 0. The molecule has 0 amide bonds. The fraction of sp³-hybridized carbons (Fsp3) is 0.346. The Kier molecular flexibility index (Phi) is 8.16. The smallest absolute Gasteiger partial charge is 0.344 e. The summed E-state index contributed by atoms with van der Waals surface area (Å²) in [5.74, 6) is 0.225. The predicted octanol–water partition coefficient (Wildman–Crippen LogP) is 6.18. The number of aryl methyl sites for hydroxylation is 1. The first-order chi connectivity index (χ1) is 15.1. The van der Waals surface area contributed by atoms with Gasteiger partial charge in [0.15, 0.2) is 11.9 Å². The molecule has 3 aromatic rings. The average molecular weight is 419 g/mol. The van der Waals surface area contributed by atoms with E-state index in [4.69, 9.17) is 9.84 Å². The summed E-state index contributed by atoms with van der Waals surface area (Å²) in [5, 5.41) is 8.94. The summed E-state index contributed by atoms with van der Waals surface area (Å²) < 4.78 is 5.36. The number of ether oxygens (including phenoxy) is 1. The minimum Gasteiger partial charge on any atom is -0.479 e. The van der Waals surface area contributed by atoms with Crippen LogP contribution in [0.15, 0.2) is 60.9 Å². The molecule has 0 spiro atoms. The first kappa shape index (κ1) is 22.5. The van der Waals surface area contributed by atoms with Crippen molar-refractivity contribution in [1.29, 1.82) is 0 Å². The molecule has 1 atom stereocenters. The lowest BCUT2D eigenvalue weighted by Gasteiger charge is -2.10. The second-order valence-electron chi connectivity index (χ2n) is 7.78. The number of hydrogen-bond donors (Lipinski definition) is 1. The Morgan fingerprint density at radius 3 is 2.10 bits per heavy atom. The Labute approximate surface area is 184 Å². The van der Waals surface area contributed by atoms with E-state index in [0.717, 1.165) is 23.1 Å². The Balaban J connectivity index is 1.59. The van der Waals surface area contributed by atoms with Crippen molar-refractivity contribution in [2.75, 3.05) is 0 Å². The number of benzene rings is 2. The van der Waals surface area contributed by atoms with Gasteiger partial charge in [0.1, 0.15) is 5.75 Å². The van der Waals surface area contributed by atoms with Crippen molar-refractivity contribution in [3.63, 3.8) is 0 Å². The van der Waals surface area contributed by atoms with Crippen LogP contribution in [0.25, 0.3) is 22.5 Å². The SMILES string of the molecule is CCCCCCCc1ccc(-c2ncc(-c3ccc(OC(C)C(=O)O)cc3)cn2)cc1. The lowest BCUT2D eigenvalue weighted by Crippen LogP contribution is -2.22. The number of aromatic nitrogens is 2. The predicted molar refractivity (Wildman–Crippen MR) is 123 cm³/mol. The maximum Gasteiger partial charge on any atom is 0.344 e. The maximum atomic E-state index is 10.9. The van der Waals surface area contributed by atoms with E-state index in [2.05, 4.69) is 41.2 Å². The molecule has 1 unspecified atom stereocenters. The lowest BCUT2D eigenvalue weighted by molar-refractivity contribution is -0.144. The zero-order valence-corrected chi connectivity index (χ0v) is 18.3. The number of nitrogens with zero attached hydrogens (tertiary/aromatic N) is 2. The summed E-state index contributed by atoms with van der Waals surface area (Å²) >= 11 is 0. The van der Waals surface area contributed by atoms with Gasteiger partial charge in [-0.3, -0.25) is 0 Å². The molecule has 3 rings (SSSR count). The highest BCUT2D eigenvalue weighted by Gasteiger charge is 2.12. The molecule has 2 aromatic carbocycles. The first-order valence-corrected chi connectivity index (χ1v) is 11.0. The number of carboxylic acid groups (broad SMARTS) is 1. The van der Waals surface area contributed by atoms with Crippen LogP contribution in [0.3, 0.4) is 0 Å². The van der Waals surface area contributed by atoms with E-state index < -0.39 is 12.1 Å².